The van der Waals surface area contributed by atoms with E-state index < -0.39 is 17.5 Å². The predicted molar refractivity (Wildman–Crippen MR) is 113 cm³/mol. The fraction of sp³-hybridized carbons (Fsp3) is 0.400. The molecule has 1 aliphatic heterocycles. The molecule has 1 atom stereocenters. The molecule has 1 saturated heterocycles. The number of thiazole rings is 1. The lowest BCUT2D eigenvalue weighted by Gasteiger charge is -2.22. The Morgan fingerprint density at radius 1 is 1.40 bits per heavy atom. The Hall–Kier alpha value is -3.01. The van der Waals surface area contributed by atoms with Gasteiger partial charge in [-0.3, -0.25) is 9.36 Å². The number of hydrogen-bond acceptors (Lipinski definition) is 7. The van der Waals surface area contributed by atoms with Crippen molar-refractivity contribution in [3.8, 4) is 5.13 Å². The number of ether oxygens (including phenoxy) is 1. The maximum Gasteiger partial charge on any atom is 0.407 e. The Morgan fingerprint density at radius 2 is 2.20 bits per heavy atom. The average Bonchev–Trinajstić information content (AvgIpc) is 3.32. The van der Waals surface area contributed by atoms with Crippen molar-refractivity contribution in [1.82, 2.24) is 19.9 Å². The summed E-state index contributed by atoms with van der Waals surface area (Å²) in [5.41, 5.74) is -0.549. The number of nitrogens with zero attached hydrogens (tertiary/aromatic N) is 4. The molecule has 4 rings (SSSR count). The Bertz CT molecular complexity index is 1140. The molecule has 0 spiro atoms. The van der Waals surface area contributed by atoms with Crippen molar-refractivity contribution in [3.63, 3.8) is 0 Å². The number of anilines is 1. The van der Waals surface area contributed by atoms with Gasteiger partial charge >= 0.3 is 6.09 Å². The second kappa shape index (κ2) is 7.67. The van der Waals surface area contributed by atoms with Gasteiger partial charge in [0.2, 0.25) is 0 Å². The van der Waals surface area contributed by atoms with Crippen molar-refractivity contribution in [2.24, 2.45) is 0 Å². The molecule has 158 valence electrons. The summed E-state index contributed by atoms with van der Waals surface area (Å²) >= 11 is 1.39. The lowest BCUT2D eigenvalue weighted by molar-refractivity contribution is 0.0509. The van der Waals surface area contributed by atoms with Crippen LogP contribution in [0, 0.1) is 5.82 Å². The number of hydrogen-bond donors (Lipinski definition) is 1. The molecule has 0 aliphatic carbocycles. The summed E-state index contributed by atoms with van der Waals surface area (Å²) in [5.74, 6) is -0.429. The number of fused-ring (bicyclic) bond motifs is 1. The smallest absolute Gasteiger partial charge is 0.407 e. The minimum atomic E-state index is -0.589. The van der Waals surface area contributed by atoms with Crippen LogP contribution in [0.15, 0.2) is 34.7 Å². The molecule has 0 bridgehead atoms. The molecule has 4 heterocycles. The maximum absolute atomic E-state index is 14.9. The summed E-state index contributed by atoms with van der Waals surface area (Å²) in [6.07, 6.45) is 3.38. The molecule has 1 amide bonds. The van der Waals surface area contributed by atoms with Crippen LogP contribution < -0.4 is 15.6 Å². The van der Waals surface area contributed by atoms with Gasteiger partial charge in [-0.25, -0.2) is 19.2 Å². The highest BCUT2D eigenvalue weighted by atomic mass is 32.1. The van der Waals surface area contributed by atoms with Gasteiger partial charge in [-0.1, -0.05) is 0 Å². The van der Waals surface area contributed by atoms with Gasteiger partial charge < -0.3 is 15.0 Å². The first-order valence-electron chi connectivity index (χ1n) is 9.57. The van der Waals surface area contributed by atoms with E-state index in [0.29, 0.717) is 30.3 Å². The van der Waals surface area contributed by atoms with E-state index in [4.69, 9.17) is 4.74 Å². The monoisotopic (exact) mass is 431 g/mol. The summed E-state index contributed by atoms with van der Waals surface area (Å²) in [6.45, 7) is 6.30. The highest BCUT2D eigenvalue weighted by Crippen LogP contribution is 2.26. The Labute approximate surface area is 176 Å². The third-order valence-electron chi connectivity index (χ3n) is 4.64. The van der Waals surface area contributed by atoms with Crippen molar-refractivity contribution < 1.29 is 13.9 Å². The van der Waals surface area contributed by atoms with Crippen molar-refractivity contribution in [2.75, 3.05) is 18.0 Å². The highest BCUT2D eigenvalue weighted by molar-refractivity contribution is 7.12. The first kappa shape index (κ1) is 20.3. The van der Waals surface area contributed by atoms with Crippen molar-refractivity contribution in [1.29, 1.82) is 0 Å². The van der Waals surface area contributed by atoms with Crippen molar-refractivity contribution in [3.05, 3.63) is 45.9 Å². The number of halogens is 1. The first-order valence-corrected chi connectivity index (χ1v) is 10.5. The summed E-state index contributed by atoms with van der Waals surface area (Å²) in [7, 11) is 0. The number of rotatable bonds is 3. The average molecular weight is 431 g/mol. The molecule has 1 N–H and O–H groups in total. The molecule has 0 saturated carbocycles. The number of alkyl carbamates (subject to hydrolysis) is 1. The van der Waals surface area contributed by atoms with Gasteiger partial charge in [0.15, 0.2) is 27.8 Å². The lowest BCUT2D eigenvalue weighted by atomic mass is 10.2. The van der Waals surface area contributed by atoms with Crippen LogP contribution in [0.2, 0.25) is 0 Å². The largest absolute Gasteiger partial charge is 0.444 e. The third kappa shape index (κ3) is 4.13. The lowest BCUT2D eigenvalue weighted by Crippen LogP contribution is -2.40. The standard InChI is InChI=1S/C20H22FN5O3S/c1-20(2,3)29-19(28)23-12-4-7-25(11-12)17-14(21)10-13-15(27)5-8-26(16(13)24-17)18-22-6-9-30-18/h5-6,8-10,12H,4,7,11H2,1-3H3,(H,23,28). The van der Waals surface area contributed by atoms with Gasteiger partial charge in [-0.05, 0) is 33.3 Å². The molecule has 0 radical (unpaired) electrons. The number of aromatic nitrogens is 3. The first-order chi connectivity index (χ1) is 14.2. The maximum atomic E-state index is 14.9. The quantitative estimate of drug-likeness (QED) is 0.686. The zero-order valence-electron chi connectivity index (χ0n) is 16.9. The number of carbonyl (C=O) groups excluding carboxylic acids is 1. The van der Waals surface area contributed by atoms with E-state index in [1.807, 2.05) is 5.38 Å². The molecule has 10 heteroatoms. The minimum Gasteiger partial charge on any atom is -0.444 e. The topological polar surface area (TPSA) is 89.4 Å². The fourth-order valence-electron chi connectivity index (χ4n) is 3.39. The van der Waals surface area contributed by atoms with E-state index in [9.17, 15) is 14.0 Å². The number of nitrogens with one attached hydrogen (secondary N) is 1. The zero-order chi connectivity index (χ0) is 21.5. The van der Waals surface area contributed by atoms with Crippen LogP contribution in [0.1, 0.15) is 27.2 Å². The van der Waals surface area contributed by atoms with E-state index in [-0.39, 0.29) is 22.7 Å². The molecule has 3 aromatic heterocycles. The van der Waals surface area contributed by atoms with Crippen LogP contribution in [0.5, 0.6) is 0 Å². The van der Waals surface area contributed by atoms with E-state index in [1.165, 1.54) is 23.5 Å². The molecule has 8 nitrogen and oxygen atoms in total. The van der Waals surface area contributed by atoms with Crippen LogP contribution in [0.3, 0.4) is 0 Å². The van der Waals surface area contributed by atoms with Crippen molar-refractivity contribution >= 4 is 34.3 Å². The van der Waals surface area contributed by atoms with E-state index in [2.05, 4.69) is 15.3 Å². The van der Waals surface area contributed by atoms with Gasteiger partial charge in [-0.2, -0.15) is 0 Å². The van der Waals surface area contributed by atoms with Gasteiger partial charge in [0.1, 0.15) is 5.60 Å². The second-order valence-corrected chi connectivity index (χ2v) is 8.98. The fourth-order valence-corrected chi connectivity index (χ4v) is 4.02. The minimum absolute atomic E-state index is 0.145. The number of pyridine rings is 2. The molecule has 30 heavy (non-hydrogen) atoms. The molecule has 1 fully saturated rings. The van der Waals surface area contributed by atoms with Crippen LogP contribution in [-0.2, 0) is 4.74 Å². The second-order valence-electron chi connectivity index (χ2n) is 8.11. The van der Waals surface area contributed by atoms with Crippen molar-refractivity contribution in [2.45, 2.75) is 38.8 Å². The van der Waals surface area contributed by atoms with Crippen LogP contribution in [0.4, 0.5) is 15.0 Å². The van der Waals surface area contributed by atoms with E-state index in [0.717, 1.165) is 0 Å². The highest BCUT2D eigenvalue weighted by Gasteiger charge is 2.29. The van der Waals surface area contributed by atoms with Crippen LogP contribution in [-0.4, -0.2) is 45.4 Å². The molecule has 0 aromatic carbocycles. The van der Waals surface area contributed by atoms with E-state index in [1.54, 1.807) is 42.6 Å². The third-order valence-corrected chi connectivity index (χ3v) is 5.41. The Kier molecular flexibility index (Phi) is 5.19. The van der Waals surface area contributed by atoms with Gasteiger partial charge in [-0.15, -0.1) is 11.3 Å². The van der Waals surface area contributed by atoms with Gasteiger partial charge in [0.25, 0.3) is 0 Å². The normalized spacial score (nSPS) is 16.8. The molecule has 1 aliphatic rings. The van der Waals surface area contributed by atoms with Gasteiger partial charge in [0.05, 0.1) is 11.4 Å². The molecular weight excluding hydrogens is 409 g/mol. The zero-order valence-corrected chi connectivity index (χ0v) is 17.7. The summed E-state index contributed by atoms with van der Waals surface area (Å²) < 4.78 is 21.8. The molecule has 3 aromatic rings. The Balaban J connectivity index is 1.62. The summed E-state index contributed by atoms with van der Waals surface area (Å²) in [4.78, 5) is 34.8. The predicted octanol–water partition coefficient (Wildman–Crippen LogP) is 3.08. The Morgan fingerprint density at radius 3 is 2.90 bits per heavy atom. The molecule has 1 unspecified atom stereocenters. The van der Waals surface area contributed by atoms with Crippen LogP contribution >= 0.6 is 11.3 Å². The van der Waals surface area contributed by atoms with E-state index >= 15 is 0 Å². The number of carbonyl (C=O) groups is 1. The summed E-state index contributed by atoms with van der Waals surface area (Å²) in [5, 5.41) is 5.46. The van der Waals surface area contributed by atoms with Gasteiger partial charge in [0, 0.05) is 36.9 Å². The number of amides is 1. The SMILES string of the molecule is CC(C)(C)OC(=O)NC1CCN(c2nc3c(cc2F)c(=O)ccn3-c2nccs2)C1. The summed E-state index contributed by atoms with van der Waals surface area (Å²) in [6, 6.07) is 2.41. The molecular formula is C20H22FN5O3S. The van der Waals surface area contributed by atoms with Crippen LogP contribution in [0.25, 0.3) is 16.2 Å².